The van der Waals surface area contributed by atoms with Crippen molar-refractivity contribution in [3.8, 4) is 5.69 Å². The number of nitrogens with zero attached hydrogens (tertiary/aromatic N) is 5. The summed E-state index contributed by atoms with van der Waals surface area (Å²) < 4.78 is 3.97. The molecule has 0 radical (unpaired) electrons. The maximum Gasteiger partial charge on any atom is 0.222 e. The van der Waals surface area contributed by atoms with Crippen molar-refractivity contribution >= 4 is 5.91 Å². The zero-order valence-electron chi connectivity index (χ0n) is 14.7. The van der Waals surface area contributed by atoms with Crippen molar-refractivity contribution in [2.45, 2.75) is 31.7 Å². The Labute approximate surface area is 153 Å². The molecule has 0 spiro atoms. The zero-order chi connectivity index (χ0) is 17.8. The van der Waals surface area contributed by atoms with E-state index in [4.69, 9.17) is 0 Å². The Kier molecular flexibility index (Phi) is 4.82. The number of aromatic nitrogens is 4. The van der Waals surface area contributed by atoms with Gasteiger partial charge in [-0.2, -0.15) is 5.10 Å². The van der Waals surface area contributed by atoms with Crippen LogP contribution in [0.5, 0.6) is 0 Å². The number of hydrogen-bond acceptors (Lipinski definition) is 3. The van der Waals surface area contributed by atoms with Crippen LogP contribution in [0.15, 0.2) is 61.4 Å². The Balaban J connectivity index is 1.33. The van der Waals surface area contributed by atoms with E-state index < -0.39 is 0 Å². The molecule has 2 aromatic heterocycles. The van der Waals surface area contributed by atoms with Crippen LogP contribution in [0.3, 0.4) is 0 Å². The first-order chi connectivity index (χ1) is 12.8. The quantitative estimate of drug-likeness (QED) is 0.712. The summed E-state index contributed by atoms with van der Waals surface area (Å²) in [6.07, 6.45) is 12.9. The third-order valence-electron chi connectivity index (χ3n) is 4.98. The molecule has 1 atom stereocenters. The third-order valence-corrected chi connectivity index (χ3v) is 4.98. The molecule has 6 heteroatoms. The molecule has 134 valence electrons. The molecule has 3 aromatic rings. The average molecular weight is 349 g/mol. The first-order valence-corrected chi connectivity index (χ1v) is 9.14. The Morgan fingerprint density at radius 1 is 1.23 bits per heavy atom. The van der Waals surface area contributed by atoms with Gasteiger partial charge in [0.1, 0.15) is 0 Å². The maximum atomic E-state index is 12.6. The lowest BCUT2D eigenvalue weighted by Crippen LogP contribution is -2.40. The second-order valence-electron chi connectivity index (χ2n) is 6.77. The van der Waals surface area contributed by atoms with Gasteiger partial charge in [0.05, 0.1) is 24.3 Å². The molecule has 0 saturated carbocycles. The number of aryl methyl sites for hydroxylation is 1. The number of imidazole rings is 1. The Bertz CT molecular complexity index is 840. The summed E-state index contributed by atoms with van der Waals surface area (Å²) in [5, 5.41) is 4.40. The smallest absolute Gasteiger partial charge is 0.222 e. The molecule has 1 fully saturated rings. The van der Waals surface area contributed by atoms with Crippen LogP contribution >= 0.6 is 0 Å². The van der Waals surface area contributed by atoms with Gasteiger partial charge < -0.3 is 9.47 Å². The Morgan fingerprint density at radius 2 is 2.12 bits per heavy atom. The number of carbonyl (C=O) groups is 1. The van der Waals surface area contributed by atoms with Crippen LogP contribution in [-0.4, -0.2) is 43.2 Å². The minimum Gasteiger partial charge on any atom is -0.341 e. The van der Waals surface area contributed by atoms with E-state index in [0.717, 1.165) is 43.6 Å². The van der Waals surface area contributed by atoms with E-state index >= 15 is 0 Å². The van der Waals surface area contributed by atoms with Gasteiger partial charge >= 0.3 is 0 Å². The fourth-order valence-electron chi connectivity index (χ4n) is 3.53. The highest BCUT2D eigenvalue weighted by Crippen LogP contribution is 2.22. The summed E-state index contributed by atoms with van der Waals surface area (Å²) in [5.41, 5.74) is 2.12. The normalized spacial score (nSPS) is 17.4. The van der Waals surface area contributed by atoms with Crippen molar-refractivity contribution in [3.05, 3.63) is 67.0 Å². The molecule has 1 aliphatic heterocycles. The molecule has 1 amide bonds. The molecule has 0 unspecified atom stereocenters. The van der Waals surface area contributed by atoms with Crippen LogP contribution in [0.25, 0.3) is 5.69 Å². The highest BCUT2D eigenvalue weighted by Gasteiger charge is 2.24. The molecule has 3 heterocycles. The Morgan fingerprint density at radius 3 is 2.92 bits per heavy atom. The minimum atomic E-state index is 0.224. The number of hydrogen-bond donors (Lipinski definition) is 0. The second-order valence-corrected chi connectivity index (χ2v) is 6.77. The topological polar surface area (TPSA) is 56.0 Å². The van der Waals surface area contributed by atoms with Gasteiger partial charge in [-0.3, -0.25) is 4.79 Å². The summed E-state index contributed by atoms with van der Waals surface area (Å²) in [6.45, 7) is 1.63. The van der Waals surface area contributed by atoms with Crippen molar-refractivity contribution in [3.63, 3.8) is 0 Å². The summed E-state index contributed by atoms with van der Waals surface area (Å²) in [6, 6.07) is 10.4. The van der Waals surface area contributed by atoms with E-state index in [1.54, 1.807) is 6.20 Å². The molecule has 26 heavy (non-hydrogen) atoms. The maximum absolute atomic E-state index is 12.6. The van der Waals surface area contributed by atoms with E-state index in [0.29, 0.717) is 12.5 Å². The van der Waals surface area contributed by atoms with Crippen LogP contribution in [0, 0.1) is 0 Å². The van der Waals surface area contributed by atoms with E-state index in [9.17, 15) is 4.79 Å². The lowest BCUT2D eigenvalue weighted by molar-refractivity contribution is -0.132. The fraction of sp³-hybridized carbons (Fsp3) is 0.350. The molecule has 0 aliphatic carbocycles. The third kappa shape index (κ3) is 3.69. The number of likely N-dealkylation sites (tertiary alicyclic amines) is 1. The highest BCUT2D eigenvalue weighted by atomic mass is 16.2. The van der Waals surface area contributed by atoms with E-state index in [1.807, 2.05) is 64.8 Å². The standard InChI is InChI=1S/C20H23N5O/c26-20(23-11-4-7-19(15-23)24-12-10-21-16-24)9-8-17-13-22-25(14-17)18-5-2-1-3-6-18/h1-3,5-6,10,12-14,16,19H,4,7-9,11,15H2/t19-/m1/s1. The van der Waals surface area contributed by atoms with Crippen LogP contribution in [0.2, 0.25) is 0 Å². The number of carbonyl (C=O) groups excluding carboxylic acids is 1. The molecule has 1 aliphatic rings. The molecule has 0 N–H and O–H groups in total. The second kappa shape index (κ2) is 7.56. The van der Waals surface area contributed by atoms with Gasteiger partial charge in [-0.15, -0.1) is 0 Å². The first-order valence-electron chi connectivity index (χ1n) is 9.14. The SMILES string of the molecule is O=C(CCc1cnn(-c2ccccc2)c1)N1CCC[C@@H](n2ccnc2)C1. The summed E-state index contributed by atoms with van der Waals surface area (Å²) in [4.78, 5) is 18.8. The predicted molar refractivity (Wildman–Crippen MR) is 99.0 cm³/mol. The van der Waals surface area contributed by atoms with Crippen LogP contribution in [0.1, 0.15) is 30.9 Å². The number of para-hydroxylation sites is 1. The van der Waals surface area contributed by atoms with Crippen molar-refractivity contribution in [2.24, 2.45) is 0 Å². The van der Waals surface area contributed by atoms with Crippen LogP contribution < -0.4 is 0 Å². The van der Waals surface area contributed by atoms with Crippen molar-refractivity contribution < 1.29 is 4.79 Å². The van der Waals surface area contributed by atoms with Crippen molar-refractivity contribution in [2.75, 3.05) is 13.1 Å². The number of rotatable bonds is 5. The Hall–Kier alpha value is -2.89. The molecule has 4 rings (SSSR count). The van der Waals surface area contributed by atoms with E-state index in [2.05, 4.69) is 14.6 Å². The predicted octanol–water partition coefficient (Wildman–Crippen LogP) is 2.87. The van der Waals surface area contributed by atoms with Gasteiger partial charge in [-0.1, -0.05) is 18.2 Å². The molecular weight excluding hydrogens is 326 g/mol. The first kappa shape index (κ1) is 16.6. The molecule has 1 aromatic carbocycles. The van der Waals surface area contributed by atoms with Crippen LogP contribution in [0.4, 0.5) is 0 Å². The van der Waals surface area contributed by atoms with Gasteiger partial charge in [-0.05, 0) is 37.0 Å². The van der Waals surface area contributed by atoms with Crippen molar-refractivity contribution in [1.82, 2.24) is 24.2 Å². The van der Waals surface area contributed by atoms with Gasteiger partial charge in [-0.25, -0.2) is 9.67 Å². The monoisotopic (exact) mass is 349 g/mol. The summed E-state index contributed by atoms with van der Waals surface area (Å²) in [7, 11) is 0. The molecule has 0 bridgehead atoms. The largest absolute Gasteiger partial charge is 0.341 e. The zero-order valence-corrected chi connectivity index (χ0v) is 14.7. The molecule has 1 saturated heterocycles. The van der Waals surface area contributed by atoms with Gasteiger partial charge in [0.25, 0.3) is 0 Å². The van der Waals surface area contributed by atoms with E-state index in [1.165, 1.54) is 0 Å². The van der Waals surface area contributed by atoms with Gasteiger partial charge in [0.2, 0.25) is 5.91 Å². The lowest BCUT2D eigenvalue weighted by atomic mass is 10.0. The summed E-state index contributed by atoms with van der Waals surface area (Å²) >= 11 is 0. The van der Waals surface area contributed by atoms with Gasteiger partial charge in [0, 0.05) is 38.1 Å². The number of amides is 1. The van der Waals surface area contributed by atoms with E-state index in [-0.39, 0.29) is 5.91 Å². The average Bonchev–Trinajstić information content (AvgIpc) is 3.39. The van der Waals surface area contributed by atoms with Gasteiger partial charge in [0.15, 0.2) is 0 Å². The number of piperidine rings is 1. The number of benzene rings is 1. The molecule has 6 nitrogen and oxygen atoms in total. The summed E-state index contributed by atoms with van der Waals surface area (Å²) in [5.74, 6) is 0.224. The fourth-order valence-corrected chi connectivity index (χ4v) is 3.53. The van der Waals surface area contributed by atoms with Crippen molar-refractivity contribution in [1.29, 1.82) is 0 Å². The lowest BCUT2D eigenvalue weighted by Gasteiger charge is -2.33. The minimum absolute atomic E-state index is 0.224. The highest BCUT2D eigenvalue weighted by molar-refractivity contribution is 5.76. The molecular formula is C20H23N5O. The van der Waals surface area contributed by atoms with Crippen LogP contribution in [-0.2, 0) is 11.2 Å².